The molecule has 0 aromatic heterocycles. The van der Waals surface area contributed by atoms with Gasteiger partial charge in [0.1, 0.15) is 0 Å². The van der Waals surface area contributed by atoms with Crippen molar-refractivity contribution in [3.63, 3.8) is 0 Å². The molecule has 1 aromatic rings. The summed E-state index contributed by atoms with van der Waals surface area (Å²) in [5.41, 5.74) is 6.66. The molecular weight excluding hydrogens is 270 g/mol. The molecule has 6 heteroatoms. The predicted octanol–water partition coefficient (Wildman–Crippen LogP) is 0.170. The molecule has 4 N–H and O–H groups in total. The first-order valence-electron chi connectivity index (χ1n) is 7.14. The highest BCUT2D eigenvalue weighted by Crippen LogP contribution is 2.11. The Hall–Kier alpha value is -1.92. The number of nitrogens with two attached hydrogens (primary N) is 1. The number of carbonyl (C=O) groups excluding carboxylic acids is 2. The Kier molecular flexibility index (Phi) is 5.71. The lowest BCUT2D eigenvalue weighted by Gasteiger charge is -2.11. The van der Waals surface area contributed by atoms with Gasteiger partial charge in [0.15, 0.2) is 0 Å². The number of carbonyl (C=O) groups is 2. The molecule has 0 aliphatic carbocycles. The van der Waals surface area contributed by atoms with Crippen LogP contribution >= 0.6 is 0 Å². The van der Waals surface area contributed by atoms with Crippen molar-refractivity contribution < 1.29 is 14.3 Å². The van der Waals surface area contributed by atoms with Gasteiger partial charge >= 0.3 is 0 Å². The van der Waals surface area contributed by atoms with Crippen LogP contribution in [0.25, 0.3) is 0 Å². The summed E-state index contributed by atoms with van der Waals surface area (Å²) in [7, 11) is 0. The molecule has 2 rings (SSSR count). The monoisotopic (exact) mass is 291 g/mol. The Balaban J connectivity index is 1.86. The van der Waals surface area contributed by atoms with Crippen LogP contribution in [-0.2, 0) is 16.1 Å². The van der Waals surface area contributed by atoms with Gasteiger partial charge in [0.25, 0.3) is 5.91 Å². The normalized spacial score (nSPS) is 17.5. The van der Waals surface area contributed by atoms with E-state index in [1.807, 2.05) is 6.07 Å². The highest BCUT2D eigenvalue weighted by Gasteiger charge is 2.16. The molecular formula is C15H21N3O3. The molecule has 21 heavy (non-hydrogen) atoms. The molecule has 2 amide bonds. The van der Waals surface area contributed by atoms with E-state index in [1.54, 1.807) is 18.2 Å². The van der Waals surface area contributed by atoms with Gasteiger partial charge in [-0.1, -0.05) is 12.1 Å². The maximum atomic E-state index is 12.1. The van der Waals surface area contributed by atoms with E-state index in [2.05, 4.69) is 10.6 Å². The van der Waals surface area contributed by atoms with Crippen molar-refractivity contribution in [3.8, 4) is 0 Å². The zero-order valence-corrected chi connectivity index (χ0v) is 11.9. The molecule has 1 aliphatic rings. The maximum absolute atomic E-state index is 12.1. The Morgan fingerprint density at radius 2 is 2.19 bits per heavy atom. The highest BCUT2D eigenvalue weighted by atomic mass is 16.5. The van der Waals surface area contributed by atoms with Crippen LogP contribution in [0.3, 0.4) is 0 Å². The van der Waals surface area contributed by atoms with Crippen LogP contribution in [0.15, 0.2) is 24.3 Å². The van der Waals surface area contributed by atoms with E-state index in [-0.39, 0.29) is 24.5 Å². The van der Waals surface area contributed by atoms with Gasteiger partial charge in [-0.15, -0.1) is 0 Å². The Morgan fingerprint density at radius 1 is 1.33 bits per heavy atom. The number of hydrogen-bond donors (Lipinski definition) is 3. The third kappa shape index (κ3) is 4.84. The van der Waals surface area contributed by atoms with Crippen molar-refractivity contribution in [1.82, 2.24) is 10.6 Å². The standard InChI is InChI=1S/C15H21N3O3/c16-8-14(19)17-9-11-3-1-4-12(7-11)15(20)18-10-13-5-2-6-21-13/h1,3-4,7,13H,2,5-6,8-10,16H2,(H,17,19)(H,18,20). The van der Waals surface area contributed by atoms with Crippen LogP contribution in [0, 0.1) is 0 Å². The summed E-state index contributed by atoms with van der Waals surface area (Å²) in [5, 5.41) is 5.55. The van der Waals surface area contributed by atoms with E-state index >= 15 is 0 Å². The van der Waals surface area contributed by atoms with Gasteiger partial charge in [-0.25, -0.2) is 0 Å². The zero-order chi connectivity index (χ0) is 15.1. The lowest BCUT2D eigenvalue weighted by atomic mass is 10.1. The second-order valence-corrected chi connectivity index (χ2v) is 5.03. The van der Waals surface area contributed by atoms with Crippen LogP contribution < -0.4 is 16.4 Å². The lowest BCUT2D eigenvalue weighted by molar-refractivity contribution is -0.119. The van der Waals surface area contributed by atoms with E-state index in [0.717, 1.165) is 25.0 Å². The fourth-order valence-electron chi connectivity index (χ4n) is 2.21. The average Bonchev–Trinajstić information content (AvgIpc) is 3.04. The van der Waals surface area contributed by atoms with E-state index in [1.165, 1.54) is 0 Å². The minimum Gasteiger partial charge on any atom is -0.376 e. The summed E-state index contributed by atoms with van der Waals surface area (Å²) in [6, 6.07) is 7.17. The van der Waals surface area contributed by atoms with E-state index in [4.69, 9.17) is 10.5 Å². The summed E-state index contributed by atoms with van der Waals surface area (Å²) >= 11 is 0. The molecule has 1 saturated heterocycles. The van der Waals surface area contributed by atoms with Crippen molar-refractivity contribution in [2.75, 3.05) is 19.7 Å². The minimum absolute atomic E-state index is 0.0401. The Labute approximate surface area is 124 Å². The number of benzene rings is 1. The van der Waals surface area contributed by atoms with Crippen LogP contribution in [0.5, 0.6) is 0 Å². The van der Waals surface area contributed by atoms with Crippen LogP contribution in [0.2, 0.25) is 0 Å². The summed E-state index contributed by atoms with van der Waals surface area (Å²) in [6.07, 6.45) is 2.17. The first kappa shape index (κ1) is 15.5. The van der Waals surface area contributed by atoms with Crippen LogP contribution in [-0.4, -0.2) is 37.6 Å². The first-order chi connectivity index (χ1) is 10.2. The molecule has 1 heterocycles. The minimum atomic E-state index is -0.219. The summed E-state index contributed by atoms with van der Waals surface area (Å²) in [6.45, 7) is 1.63. The molecule has 1 atom stereocenters. The van der Waals surface area contributed by atoms with E-state index in [0.29, 0.717) is 18.7 Å². The average molecular weight is 291 g/mol. The quantitative estimate of drug-likeness (QED) is 0.696. The van der Waals surface area contributed by atoms with Crippen LogP contribution in [0.4, 0.5) is 0 Å². The molecule has 1 fully saturated rings. The van der Waals surface area contributed by atoms with Gasteiger partial charge in [-0.05, 0) is 30.5 Å². The number of hydrogen-bond acceptors (Lipinski definition) is 4. The molecule has 0 radical (unpaired) electrons. The maximum Gasteiger partial charge on any atom is 0.251 e. The molecule has 0 bridgehead atoms. The van der Waals surface area contributed by atoms with Gasteiger partial charge in [0.05, 0.1) is 12.6 Å². The second kappa shape index (κ2) is 7.75. The lowest BCUT2D eigenvalue weighted by Crippen LogP contribution is -2.32. The van der Waals surface area contributed by atoms with Gasteiger partial charge in [-0.2, -0.15) is 0 Å². The summed E-state index contributed by atoms with van der Waals surface area (Å²) in [4.78, 5) is 23.2. The van der Waals surface area contributed by atoms with Crippen molar-refractivity contribution in [2.45, 2.75) is 25.5 Å². The topological polar surface area (TPSA) is 93.5 Å². The van der Waals surface area contributed by atoms with Gasteiger partial charge in [-0.3, -0.25) is 9.59 Å². The molecule has 0 spiro atoms. The second-order valence-electron chi connectivity index (χ2n) is 5.03. The molecule has 0 saturated carbocycles. The third-order valence-electron chi connectivity index (χ3n) is 3.38. The first-order valence-corrected chi connectivity index (χ1v) is 7.14. The van der Waals surface area contributed by atoms with Gasteiger partial charge in [0.2, 0.25) is 5.91 Å². The fraction of sp³-hybridized carbons (Fsp3) is 0.467. The highest BCUT2D eigenvalue weighted by molar-refractivity contribution is 5.94. The van der Waals surface area contributed by atoms with Crippen molar-refractivity contribution in [2.24, 2.45) is 5.73 Å². The van der Waals surface area contributed by atoms with Crippen molar-refractivity contribution in [1.29, 1.82) is 0 Å². The van der Waals surface area contributed by atoms with Crippen molar-refractivity contribution in [3.05, 3.63) is 35.4 Å². The predicted molar refractivity (Wildman–Crippen MR) is 78.7 cm³/mol. The molecule has 1 aliphatic heterocycles. The van der Waals surface area contributed by atoms with E-state index < -0.39 is 0 Å². The Morgan fingerprint density at radius 3 is 2.90 bits per heavy atom. The largest absolute Gasteiger partial charge is 0.376 e. The number of nitrogens with one attached hydrogen (secondary N) is 2. The van der Waals surface area contributed by atoms with Crippen LogP contribution in [0.1, 0.15) is 28.8 Å². The Bertz CT molecular complexity index is 499. The summed E-state index contributed by atoms with van der Waals surface area (Å²) < 4.78 is 5.47. The van der Waals surface area contributed by atoms with Crippen molar-refractivity contribution >= 4 is 11.8 Å². The molecule has 114 valence electrons. The fourth-order valence-corrected chi connectivity index (χ4v) is 2.21. The third-order valence-corrected chi connectivity index (χ3v) is 3.38. The number of amides is 2. The van der Waals surface area contributed by atoms with Gasteiger partial charge < -0.3 is 21.1 Å². The number of ether oxygens (including phenoxy) is 1. The van der Waals surface area contributed by atoms with E-state index in [9.17, 15) is 9.59 Å². The smallest absolute Gasteiger partial charge is 0.251 e. The number of rotatable bonds is 6. The molecule has 1 aromatic carbocycles. The molecule has 6 nitrogen and oxygen atoms in total. The zero-order valence-electron chi connectivity index (χ0n) is 11.9. The molecule has 1 unspecified atom stereocenters. The SMILES string of the molecule is NCC(=O)NCc1cccc(C(=O)NCC2CCCO2)c1. The van der Waals surface area contributed by atoms with Gasteiger partial charge in [0, 0.05) is 25.3 Å². The summed E-state index contributed by atoms with van der Waals surface area (Å²) in [5.74, 6) is -0.347.